The molecule has 19 heavy (non-hydrogen) atoms. The van der Waals surface area contributed by atoms with E-state index in [1.54, 1.807) is 26.4 Å². The number of nitrogens with two attached hydrogens (primary N) is 1. The number of carbonyl (C=O) groups is 1. The molecule has 1 rings (SSSR count). The minimum atomic E-state index is -0.449. The van der Waals surface area contributed by atoms with Crippen LogP contribution in [0.15, 0.2) is 18.2 Å². The lowest BCUT2D eigenvalue weighted by Crippen LogP contribution is -2.37. The second-order valence-corrected chi connectivity index (χ2v) is 4.14. The van der Waals surface area contributed by atoms with E-state index in [0.29, 0.717) is 11.5 Å². The van der Waals surface area contributed by atoms with Crippen LogP contribution in [0.3, 0.4) is 0 Å². The summed E-state index contributed by atoms with van der Waals surface area (Å²) in [5.74, 6) is 0.864. The largest absolute Gasteiger partial charge is 0.493 e. The maximum Gasteiger partial charge on any atom is 0.239 e. The number of carbonyl (C=O) groups excluding carboxylic acids is 1. The Balaban J connectivity index is 3.20. The molecule has 0 aliphatic carbocycles. The average Bonchev–Trinajstić information content (AvgIpc) is 2.43. The first-order chi connectivity index (χ1) is 9.08. The van der Waals surface area contributed by atoms with E-state index in [0.717, 1.165) is 18.7 Å². The topological polar surface area (TPSA) is 64.8 Å². The van der Waals surface area contributed by atoms with Crippen LogP contribution < -0.4 is 15.2 Å². The van der Waals surface area contributed by atoms with Crippen LogP contribution >= 0.6 is 0 Å². The SMILES string of the molecule is CCN(CC)C(C(N)=O)c1ccc(OC)c(OC)c1. The third kappa shape index (κ3) is 3.38. The van der Waals surface area contributed by atoms with Crippen LogP contribution in [0.25, 0.3) is 0 Å². The van der Waals surface area contributed by atoms with Gasteiger partial charge in [-0.1, -0.05) is 19.9 Å². The van der Waals surface area contributed by atoms with E-state index in [-0.39, 0.29) is 5.91 Å². The zero-order valence-corrected chi connectivity index (χ0v) is 12.0. The second kappa shape index (κ2) is 6.99. The van der Waals surface area contributed by atoms with Gasteiger partial charge in [0.25, 0.3) is 0 Å². The van der Waals surface area contributed by atoms with E-state index in [1.807, 2.05) is 24.8 Å². The highest BCUT2D eigenvalue weighted by atomic mass is 16.5. The molecular formula is C14H22N2O3. The van der Waals surface area contributed by atoms with E-state index in [9.17, 15) is 4.79 Å². The molecule has 0 spiro atoms. The van der Waals surface area contributed by atoms with Gasteiger partial charge >= 0.3 is 0 Å². The molecule has 2 N–H and O–H groups in total. The number of primary amides is 1. The van der Waals surface area contributed by atoms with E-state index >= 15 is 0 Å². The van der Waals surface area contributed by atoms with Crippen molar-refractivity contribution in [1.82, 2.24) is 4.90 Å². The summed E-state index contributed by atoms with van der Waals surface area (Å²) in [7, 11) is 3.14. The number of methoxy groups -OCH3 is 2. The summed E-state index contributed by atoms with van der Waals surface area (Å²) >= 11 is 0. The van der Waals surface area contributed by atoms with Crippen LogP contribution in [-0.4, -0.2) is 38.1 Å². The maximum atomic E-state index is 11.7. The van der Waals surface area contributed by atoms with Crippen molar-refractivity contribution in [2.24, 2.45) is 5.73 Å². The monoisotopic (exact) mass is 266 g/mol. The normalized spacial score (nSPS) is 12.3. The highest BCUT2D eigenvalue weighted by Crippen LogP contribution is 2.31. The summed E-state index contributed by atoms with van der Waals surface area (Å²) in [4.78, 5) is 13.7. The van der Waals surface area contributed by atoms with Gasteiger partial charge in [-0.2, -0.15) is 0 Å². The highest BCUT2D eigenvalue weighted by Gasteiger charge is 2.24. The minimum Gasteiger partial charge on any atom is -0.493 e. The fourth-order valence-electron chi connectivity index (χ4n) is 2.17. The number of hydrogen-bond acceptors (Lipinski definition) is 4. The molecule has 1 atom stereocenters. The van der Waals surface area contributed by atoms with Crippen molar-refractivity contribution in [3.05, 3.63) is 23.8 Å². The van der Waals surface area contributed by atoms with Gasteiger partial charge in [0.15, 0.2) is 11.5 Å². The molecule has 1 aromatic rings. The molecule has 1 unspecified atom stereocenters. The Kier molecular flexibility index (Phi) is 5.63. The lowest BCUT2D eigenvalue weighted by Gasteiger charge is -2.27. The van der Waals surface area contributed by atoms with Crippen LogP contribution in [0, 0.1) is 0 Å². The average molecular weight is 266 g/mol. The van der Waals surface area contributed by atoms with Crippen LogP contribution in [0.1, 0.15) is 25.5 Å². The van der Waals surface area contributed by atoms with Crippen molar-refractivity contribution in [1.29, 1.82) is 0 Å². The van der Waals surface area contributed by atoms with Crippen molar-refractivity contribution >= 4 is 5.91 Å². The Morgan fingerprint density at radius 3 is 2.21 bits per heavy atom. The number of amides is 1. The summed E-state index contributed by atoms with van der Waals surface area (Å²) in [6.07, 6.45) is 0. The molecule has 5 nitrogen and oxygen atoms in total. The molecule has 106 valence electrons. The predicted molar refractivity (Wildman–Crippen MR) is 74.4 cm³/mol. The molecule has 0 fully saturated rings. The quantitative estimate of drug-likeness (QED) is 0.813. The summed E-state index contributed by atoms with van der Waals surface area (Å²) in [5, 5.41) is 0. The molecule has 0 bridgehead atoms. The van der Waals surface area contributed by atoms with Gasteiger partial charge in [-0.25, -0.2) is 0 Å². The Morgan fingerprint density at radius 2 is 1.79 bits per heavy atom. The number of ether oxygens (including phenoxy) is 2. The molecule has 5 heteroatoms. The van der Waals surface area contributed by atoms with Crippen molar-refractivity contribution < 1.29 is 14.3 Å². The Hall–Kier alpha value is -1.75. The number of hydrogen-bond donors (Lipinski definition) is 1. The Morgan fingerprint density at radius 1 is 1.21 bits per heavy atom. The van der Waals surface area contributed by atoms with Gasteiger partial charge in [-0.3, -0.25) is 9.69 Å². The molecule has 1 amide bonds. The molecular weight excluding hydrogens is 244 g/mol. The van der Waals surface area contributed by atoms with Gasteiger partial charge in [0.2, 0.25) is 5.91 Å². The maximum absolute atomic E-state index is 11.7. The number of nitrogens with zero attached hydrogens (tertiary/aromatic N) is 1. The lowest BCUT2D eigenvalue weighted by molar-refractivity contribution is -0.123. The number of likely N-dealkylation sites (N-methyl/N-ethyl adjacent to an activating group) is 1. The first-order valence-corrected chi connectivity index (χ1v) is 6.34. The highest BCUT2D eigenvalue weighted by molar-refractivity contribution is 5.81. The third-order valence-corrected chi connectivity index (χ3v) is 3.17. The molecule has 0 heterocycles. The zero-order chi connectivity index (χ0) is 14.4. The molecule has 0 aromatic heterocycles. The Labute approximate surface area is 114 Å². The van der Waals surface area contributed by atoms with Crippen LogP contribution in [-0.2, 0) is 4.79 Å². The molecule has 0 saturated carbocycles. The summed E-state index contributed by atoms with van der Waals surface area (Å²) in [6, 6.07) is 4.98. The van der Waals surface area contributed by atoms with Crippen LogP contribution in [0.4, 0.5) is 0 Å². The lowest BCUT2D eigenvalue weighted by atomic mass is 10.0. The van der Waals surface area contributed by atoms with Crippen molar-refractivity contribution in [2.75, 3.05) is 27.3 Å². The van der Waals surface area contributed by atoms with Gasteiger partial charge in [0, 0.05) is 0 Å². The van der Waals surface area contributed by atoms with E-state index in [4.69, 9.17) is 15.2 Å². The van der Waals surface area contributed by atoms with Crippen molar-refractivity contribution in [3.63, 3.8) is 0 Å². The summed E-state index contributed by atoms with van der Waals surface area (Å²) < 4.78 is 10.4. The fraction of sp³-hybridized carbons (Fsp3) is 0.500. The first kappa shape index (κ1) is 15.3. The first-order valence-electron chi connectivity index (χ1n) is 6.34. The van der Waals surface area contributed by atoms with Gasteiger partial charge in [-0.05, 0) is 30.8 Å². The molecule has 1 aromatic carbocycles. The predicted octanol–water partition coefficient (Wildman–Crippen LogP) is 1.57. The van der Waals surface area contributed by atoms with E-state index < -0.39 is 6.04 Å². The zero-order valence-electron chi connectivity index (χ0n) is 12.0. The van der Waals surface area contributed by atoms with Crippen LogP contribution in [0.2, 0.25) is 0 Å². The summed E-state index contributed by atoms with van der Waals surface area (Å²) in [5.41, 5.74) is 6.34. The van der Waals surface area contributed by atoms with E-state index in [1.165, 1.54) is 0 Å². The van der Waals surface area contributed by atoms with E-state index in [2.05, 4.69) is 0 Å². The third-order valence-electron chi connectivity index (χ3n) is 3.17. The number of rotatable bonds is 7. The van der Waals surface area contributed by atoms with Gasteiger partial charge < -0.3 is 15.2 Å². The number of benzene rings is 1. The second-order valence-electron chi connectivity index (χ2n) is 4.14. The van der Waals surface area contributed by atoms with Gasteiger partial charge in [0.05, 0.1) is 14.2 Å². The molecule has 0 aliphatic rings. The smallest absolute Gasteiger partial charge is 0.239 e. The van der Waals surface area contributed by atoms with Crippen molar-refractivity contribution in [2.45, 2.75) is 19.9 Å². The van der Waals surface area contributed by atoms with Gasteiger partial charge in [-0.15, -0.1) is 0 Å². The molecule has 0 saturated heterocycles. The van der Waals surface area contributed by atoms with Crippen LogP contribution in [0.5, 0.6) is 11.5 Å². The fourth-order valence-corrected chi connectivity index (χ4v) is 2.17. The Bertz CT molecular complexity index is 431. The molecule has 0 radical (unpaired) electrons. The standard InChI is InChI=1S/C14H22N2O3/c1-5-16(6-2)13(14(15)17)10-7-8-11(18-3)12(9-10)19-4/h7-9,13H,5-6H2,1-4H3,(H2,15,17). The summed E-state index contributed by atoms with van der Waals surface area (Å²) in [6.45, 7) is 5.50. The van der Waals surface area contributed by atoms with Gasteiger partial charge in [0.1, 0.15) is 6.04 Å². The molecule has 0 aliphatic heterocycles. The minimum absolute atomic E-state index is 0.365. The van der Waals surface area contributed by atoms with Crippen molar-refractivity contribution in [3.8, 4) is 11.5 Å².